The van der Waals surface area contributed by atoms with E-state index >= 15 is 0 Å². The van der Waals surface area contributed by atoms with Gasteiger partial charge in [-0.2, -0.15) is 0 Å². The van der Waals surface area contributed by atoms with Crippen molar-refractivity contribution in [1.29, 1.82) is 0 Å². The maximum Gasteiger partial charge on any atom is 0.408 e. The van der Waals surface area contributed by atoms with E-state index in [2.05, 4.69) is 33.1 Å². The van der Waals surface area contributed by atoms with Crippen molar-refractivity contribution in [3.8, 4) is 11.8 Å². The Kier molecular flexibility index (Phi) is 14.4. The van der Waals surface area contributed by atoms with Crippen molar-refractivity contribution in [2.24, 2.45) is 17.8 Å². The van der Waals surface area contributed by atoms with Crippen molar-refractivity contribution in [3.63, 3.8) is 0 Å². The molecule has 1 aromatic carbocycles. The number of carbonyl (C=O) groups is 7. The van der Waals surface area contributed by atoms with E-state index in [1.54, 1.807) is 37.3 Å². The van der Waals surface area contributed by atoms with Crippen LogP contribution in [0.5, 0.6) is 0 Å². The number of nitrogens with zero attached hydrogens (tertiary/aromatic N) is 1. The lowest BCUT2D eigenvalue weighted by atomic mass is 9.83. The van der Waals surface area contributed by atoms with Gasteiger partial charge in [0.15, 0.2) is 12.6 Å². The molecule has 0 radical (unpaired) electrons. The second-order valence-electron chi connectivity index (χ2n) is 13.7. The molecular formula is C37H49N5O9. The first kappa shape index (κ1) is 38.9. The number of likely N-dealkylation sites (N-methyl/N-ethyl adjacent to an activating group) is 1. The molecule has 3 aliphatic carbocycles. The number of aliphatic carboxylic acids is 1. The van der Waals surface area contributed by atoms with Gasteiger partial charge in [-0.3, -0.25) is 24.0 Å². The molecule has 3 aliphatic rings. The predicted molar refractivity (Wildman–Crippen MR) is 184 cm³/mol. The van der Waals surface area contributed by atoms with Gasteiger partial charge in [0.1, 0.15) is 12.1 Å². The monoisotopic (exact) mass is 707 g/mol. The Hall–Kier alpha value is -4.93. The fourth-order valence-corrected chi connectivity index (χ4v) is 6.41. The fourth-order valence-electron chi connectivity index (χ4n) is 6.41. The number of rotatable bonds is 18. The molecule has 1 unspecified atom stereocenters. The molecule has 276 valence electrons. The van der Waals surface area contributed by atoms with Crippen molar-refractivity contribution in [1.82, 2.24) is 26.2 Å². The van der Waals surface area contributed by atoms with Crippen molar-refractivity contribution in [3.05, 3.63) is 35.9 Å². The first-order valence-corrected chi connectivity index (χ1v) is 17.8. The number of carboxylic acids is 1. The Morgan fingerprint density at radius 3 is 2.14 bits per heavy atom. The summed E-state index contributed by atoms with van der Waals surface area (Å²) in [4.78, 5) is 92.7. The number of hydrogen-bond acceptors (Lipinski definition) is 8. The van der Waals surface area contributed by atoms with Crippen LogP contribution in [0.4, 0.5) is 4.79 Å². The lowest BCUT2D eigenvalue weighted by Crippen LogP contribution is -2.59. The second-order valence-corrected chi connectivity index (χ2v) is 13.7. The molecular weight excluding hydrogens is 658 g/mol. The minimum absolute atomic E-state index is 0.123. The third-order valence-electron chi connectivity index (χ3n) is 9.70. The Bertz CT molecular complexity index is 1490. The summed E-state index contributed by atoms with van der Waals surface area (Å²) in [5.41, 5.74) is 0.333. The van der Waals surface area contributed by atoms with E-state index in [1.807, 2.05) is 0 Å². The van der Waals surface area contributed by atoms with E-state index < -0.39 is 72.2 Å². The van der Waals surface area contributed by atoms with E-state index in [-0.39, 0.29) is 30.8 Å². The summed E-state index contributed by atoms with van der Waals surface area (Å²) in [5.74, 6) is 0.304. The van der Waals surface area contributed by atoms with Crippen LogP contribution in [0.25, 0.3) is 0 Å². The summed E-state index contributed by atoms with van der Waals surface area (Å²) in [6.07, 6.45) is 7.54. The van der Waals surface area contributed by atoms with Crippen LogP contribution in [0.2, 0.25) is 0 Å². The van der Waals surface area contributed by atoms with Gasteiger partial charge < -0.3 is 36.0 Å². The third-order valence-corrected chi connectivity index (χ3v) is 9.70. The smallest absolute Gasteiger partial charge is 0.408 e. The molecule has 0 spiro atoms. The van der Waals surface area contributed by atoms with Gasteiger partial charge in [0.25, 0.3) is 5.91 Å². The highest BCUT2D eigenvalue weighted by Gasteiger charge is 2.41. The van der Waals surface area contributed by atoms with Crippen molar-refractivity contribution in [2.75, 3.05) is 20.2 Å². The van der Waals surface area contributed by atoms with Crippen LogP contribution in [-0.4, -0.2) is 89.8 Å². The zero-order valence-corrected chi connectivity index (χ0v) is 29.3. The molecule has 0 bridgehead atoms. The SMILES string of the molecule is CC#CCOC(=O)N[C@H](C(=O)N(C)[C@@H](CC1CC1)C(=O)NC(CC1CC1)C(=O)C(=O)NCC(=O)N[C@H](C(=O)O)c1ccccc1)C1CCCCC1. The molecule has 14 heteroatoms. The van der Waals surface area contributed by atoms with Crippen LogP contribution < -0.4 is 21.3 Å². The molecule has 4 atom stereocenters. The number of carbonyl (C=O) groups excluding carboxylic acids is 6. The van der Waals surface area contributed by atoms with Crippen molar-refractivity contribution in [2.45, 2.75) is 102 Å². The molecule has 0 saturated heterocycles. The minimum Gasteiger partial charge on any atom is -0.479 e. The van der Waals surface area contributed by atoms with E-state index in [0.29, 0.717) is 12.0 Å². The highest BCUT2D eigenvalue weighted by atomic mass is 16.5. The van der Waals surface area contributed by atoms with Gasteiger partial charge in [-0.15, -0.1) is 5.92 Å². The summed E-state index contributed by atoms with van der Waals surface area (Å²) in [6, 6.07) is 3.60. The number of alkyl carbamates (subject to hydrolysis) is 1. The Morgan fingerprint density at radius 2 is 1.53 bits per heavy atom. The van der Waals surface area contributed by atoms with Gasteiger partial charge in [-0.1, -0.05) is 81.2 Å². The van der Waals surface area contributed by atoms with E-state index in [1.165, 1.54) is 11.9 Å². The molecule has 1 aromatic rings. The molecule has 0 heterocycles. The highest BCUT2D eigenvalue weighted by molar-refractivity contribution is 6.38. The second kappa shape index (κ2) is 18.9. The summed E-state index contributed by atoms with van der Waals surface area (Å²) in [6.45, 7) is 0.840. The zero-order chi connectivity index (χ0) is 36.9. The fraction of sp³-hybridized carbons (Fsp3) is 0.595. The predicted octanol–water partition coefficient (Wildman–Crippen LogP) is 2.22. The van der Waals surface area contributed by atoms with Crippen LogP contribution >= 0.6 is 0 Å². The number of ketones is 1. The van der Waals surface area contributed by atoms with Gasteiger partial charge in [0.05, 0.1) is 12.6 Å². The normalized spacial score (nSPS) is 17.9. The maximum absolute atomic E-state index is 14.1. The lowest BCUT2D eigenvalue weighted by molar-refractivity contribution is -0.144. The number of nitrogens with one attached hydrogen (secondary N) is 4. The molecule has 0 aromatic heterocycles. The maximum atomic E-state index is 14.1. The highest BCUT2D eigenvalue weighted by Crippen LogP contribution is 2.36. The van der Waals surface area contributed by atoms with Gasteiger partial charge in [0, 0.05) is 7.05 Å². The van der Waals surface area contributed by atoms with Crippen molar-refractivity contribution >= 4 is 41.5 Å². The number of Topliss-reactive ketones (excluding diaryl/α,β-unsaturated/α-hetero) is 1. The molecule has 14 nitrogen and oxygen atoms in total. The first-order chi connectivity index (χ1) is 24.5. The molecule has 3 fully saturated rings. The Balaban J connectivity index is 1.42. The number of ether oxygens (including phenoxy) is 1. The molecule has 4 rings (SSSR count). The first-order valence-electron chi connectivity index (χ1n) is 17.8. The van der Waals surface area contributed by atoms with Gasteiger partial charge in [-0.05, 0) is 55.9 Å². The molecule has 5 N–H and O–H groups in total. The van der Waals surface area contributed by atoms with Gasteiger partial charge in [0.2, 0.25) is 23.5 Å². The summed E-state index contributed by atoms with van der Waals surface area (Å²) in [5, 5.41) is 19.6. The number of carboxylic acid groups (broad SMARTS) is 1. The average molecular weight is 708 g/mol. The van der Waals surface area contributed by atoms with Crippen LogP contribution in [0.15, 0.2) is 30.3 Å². The van der Waals surface area contributed by atoms with Gasteiger partial charge >= 0.3 is 12.1 Å². The van der Waals surface area contributed by atoms with Crippen LogP contribution in [0.1, 0.15) is 89.2 Å². The standard InChI is InChI=1S/C37H49N5O9/c1-3-4-19-51-37(50)41-30(25-11-7-5-8-12-25)35(47)42(2)28(21-24-17-18-24)33(45)39-27(20-23-15-16-23)32(44)34(46)38-22-29(43)40-31(36(48)49)26-13-9-6-10-14-26/h6,9-10,13-14,23-25,27-28,30-31H,5,7-8,11-12,15-22H2,1-2H3,(H,38,46)(H,39,45)(H,40,43)(H,41,50)(H,48,49)/t27?,28-,30-,31-/m0/s1. The van der Waals surface area contributed by atoms with Crippen LogP contribution in [-0.2, 0) is 33.5 Å². The molecule has 0 aliphatic heterocycles. The molecule has 5 amide bonds. The summed E-state index contributed by atoms with van der Waals surface area (Å²) in [7, 11) is 1.52. The zero-order valence-electron chi connectivity index (χ0n) is 29.3. The average Bonchev–Trinajstić information content (AvgIpc) is 4.07. The number of hydrogen-bond donors (Lipinski definition) is 5. The van der Waals surface area contributed by atoms with Crippen LogP contribution in [0, 0.1) is 29.6 Å². The van der Waals surface area contributed by atoms with E-state index in [4.69, 9.17) is 4.74 Å². The molecule has 3 saturated carbocycles. The number of benzene rings is 1. The summed E-state index contributed by atoms with van der Waals surface area (Å²) < 4.78 is 5.14. The van der Waals surface area contributed by atoms with E-state index in [9.17, 15) is 38.7 Å². The van der Waals surface area contributed by atoms with Crippen LogP contribution in [0.3, 0.4) is 0 Å². The Labute approximate surface area is 298 Å². The lowest BCUT2D eigenvalue weighted by Gasteiger charge is -2.35. The Morgan fingerprint density at radius 1 is 0.882 bits per heavy atom. The van der Waals surface area contributed by atoms with E-state index in [0.717, 1.165) is 57.8 Å². The summed E-state index contributed by atoms with van der Waals surface area (Å²) >= 11 is 0. The minimum atomic E-state index is -1.36. The topological polar surface area (TPSA) is 200 Å². The van der Waals surface area contributed by atoms with Gasteiger partial charge in [-0.25, -0.2) is 9.59 Å². The quantitative estimate of drug-likeness (QED) is 0.112. The largest absolute Gasteiger partial charge is 0.479 e. The molecule has 51 heavy (non-hydrogen) atoms. The third kappa shape index (κ3) is 12.1. The number of amides is 5. The van der Waals surface area contributed by atoms with Crippen molar-refractivity contribution < 1.29 is 43.4 Å².